The molecule has 0 spiro atoms. The van der Waals surface area contributed by atoms with Crippen molar-refractivity contribution in [3.63, 3.8) is 0 Å². The highest BCUT2D eigenvalue weighted by Gasteiger charge is 2.12. The normalized spacial score (nSPS) is 10.2. The topological polar surface area (TPSA) is 57.5 Å². The lowest BCUT2D eigenvalue weighted by atomic mass is 9.96. The van der Waals surface area contributed by atoms with E-state index in [9.17, 15) is 9.90 Å². The van der Waals surface area contributed by atoms with Crippen molar-refractivity contribution >= 4 is 5.97 Å². The fourth-order valence-electron chi connectivity index (χ4n) is 1.64. The van der Waals surface area contributed by atoms with Gasteiger partial charge in [-0.05, 0) is 43.0 Å². The molecule has 0 amide bonds. The first-order valence-corrected chi connectivity index (χ1v) is 4.44. The zero-order chi connectivity index (χ0) is 10.9. The largest absolute Gasteiger partial charge is 0.507 e. The van der Waals surface area contributed by atoms with Gasteiger partial charge in [0.05, 0.1) is 6.42 Å². The summed E-state index contributed by atoms with van der Waals surface area (Å²) in [4.78, 5) is 10.6. The van der Waals surface area contributed by atoms with E-state index in [4.69, 9.17) is 5.11 Å². The van der Waals surface area contributed by atoms with E-state index in [2.05, 4.69) is 0 Å². The van der Waals surface area contributed by atoms with Crippen molar-refractivity contribution in [1.29, 1.82) is 0 Å². The van der Waals surface area contributed by atoms with Crippen molar-refractivity contribution in [2.24, 2.45) is 0 Å². The molecule has 3 heteroatoms. The molecular weight excluding hydrogens is 180 g/mol. The fourth-order valence-corrected chi connectivity index (χ4v) is 1.64. The van der Waals surface area contributed by atoms with E-state index >= 15 is 0 Å². The van der Waals surface area contributed by atoms with Crippen molar-refractivity contribution < 1.29 is 15.0 Å². The summed E-state index contributed by atoms with van der Waals surface area (Å²) in [6, 6.07) is 1.81. The SMILES string of the molecule is Cc1cc(C)c(CC(=O)O)c(C)c1O. The predicted octanol–water partition coefficient (Wildman–Crippen LogP) is 1.94. The molecular formula is C11H14O3. The van der Waals surface area contributed by atoms with E-state index in [-0.39, 0.29) is 12.2 Å². The summed E-state index contributed by atoms with van der Waals surface area (Å²) in [5.74, 6) is -0.675. The standard InChI is InChI=1S/C11H14O3/c1-6-4-7(2)11(14)8(3)9(6)5-10(12)13/h4,14H,5H2,1-3H3,(H,12,13). The lowest BCUT2D eigenvalue weighted by Gasteiger charge is -2.11. The van der Waals surface area contributed by atoms with Gasteiger partial charge in [0.25, 0.3) is 0 Å². The van der Waals surface area contributed by atoms with Gasteiger partial charge in [-0.3, -0.25) is 4.79 Å². The van der Waals surface area contributed by atoms with Crippen molar-refractivity contribution in [2.75, 3.05) is 0 Å². The number of carboxylic acid groups (broad SMARTS) is 1. The van der Waals surface area contributed by atoms with Crippen LogP contribution < -0.4 is 0 Å². The molecule has 0 aliphatic rings. The van der Waals surface area contributed by atoms with Crippen molar-refractivity contribution in [3.8, 4) is 5.75 Å². The monoisotopic (exact) mass is 194 g/mol. The lowest BCUT2D eigenvalue weighted by Crippen LogP contribution is -2.04. The average molecular weight is 194 g/mol. The first-order chi connectivity index (χ1) is 6.43. The van der Waals surface area contributed by atoms with E-state index in [1.807, 2.05) is 6.92 Å². The molecule has 3 nitrogen and oxygen atoms in total. The second-order valence-electron chi connectivity index (χ2n) is 3.53. The van der Waals surface area contributed by atoms with Gasteiger partial charge in [-0.15, -0.1) is 0 Å². The van der Waals surface area contributed by atoms with Crippen LogP contribution in [0.2, 0.25) is 0 Å². The summed E-state index contributed by atoms with van der Waals surface area (Å²) in [5.41, 5.74) is 3.08. The first kappa shape index (κ1) is 10.6. The Morgan fingerprint density at radius 2 is 1.86 bits per heavy atom. The molecule has 0 atom stereocenters. The predicted molar refractivity (Wildman–Crippen MR) is 53.7 cm³/mol. The van der Waals surface area contributed by atoms with Crippen LogP contribution in [0.15, 0.2) is 6.07 Å². The number of rotatable bonds is 2. The smallest absolute Gasteiger partial charge is 0.307 e. The number of aromatic hydroxyl groups is 1. The Bertz CT molecular complexity index is 381. The van der Waals surface area contributed by atoms with Crippen LogP contribution in [0.25, 0.3) is 0 Å². The second-order valence-corrected chi connectivity index (χ2v) is 3.53. The molecule has 1 rings (SSSR count). The number of phenolic OH excluding ortho intramolecular Hbond substituents is 1. The molecule has 0 saturated carbocycles. The van der Waals surface area contributed by atoms with E-state index in [1.54, 1.807) is 19.9 Å². The van der Waals surface area contributed by atoms with Crippen molar-refractivity contribution in [2.45, 2.75) is 27.2 Å². The third kappa shape index (κ3) is 1.87. The minimum absolute atomic E-state index is 0.0362. The molecule has 0 aromatic heterocycles. The number of phenols is 1. The molecule has 0 saturated heterocycles. The number of benzene rings is 1. The van der Waals surface area contributed by atoms with Crippen LogP contribution in [0.4, 0.5) is 0 Å². The molecule has 1 aromatic carbocycles. The lowest BCUT2D eigenvalue weighted by molar-refractivity contribution is -0.136. The summed E-state index contributed by atoms with van der Waals surface area (Å²) < 4.78 is 0. The minimum Gasteiger partial charge on any atom is -0.507 e. The summed E-state index contributed by atoms with van der Waals surface area (Å²) in [6.07, 6.45) is -0.0362. The fraction of sp³-hybridized carbons (Fsp3) is 0.364. The van der Waals surface area contributed by atoms with Crippen LogP contribution in [-0.4, -0.2) is 16.2 Å². The van der Waals surface area contributed by atoms with Gasteiger partial charge in [0.15, 0.2) is 0 Å². The summed E-state index contributed by atoms with van der Waals surface area (Å²) in [7, 11) is 0. The third-order valence-corrected chi connectivity index (χ3v) is 2.42. The molecule has 0 heterocycles. The Balaban J connectivity index is 3.29. The second kappa shape index (κ2) is 3.70. The number of carboxylic acids is 1. The Labute approximate surface area is 83.0 Å². The van der Waals surface area contributed by atoms with Crippen molar-refractivity contribution in [3.05, 3.63) is 28.3 Å². The number of aryl methyl sites for hydroxylation is 2. The minimum atomic E-state index is -0.876. The van der Waals surface area contributed by atoms with Gasteiger partial charge >= 0.3 is 5.97 Å². The van der Waals surface area contributed by atoms with Crippen LogP contribution in [0, 0.1) is 20.8 Å². The molecule has 0 bridgehead atoms. The van der Waals surface area contributed by atoms with Gasteiger partial charge in [0.1, 0.15) is 5.75 Å². The first-order valence-electron chi connectivity index (χ1n) is 4.44. The highest BCUT2D eigenvalue weighted by molar-refractivity contribution is 5.72. The van der Waals surface area contributed by atoms with Gasteiger partial charge < -0.3 is 10.2 Å². The Hall–Kier alpha value is -1.51. The van der Waals surface area contributed by atoms with E-state index in [1.165, 1.54) is 0 Å². The molecule has 2 N–H and O–H groups in total. The molecule has 0 aliphatic heterocycles. The maximum Gasteiger partial charge on any atom is 0.307 e. The maximum atomic E-state index is 10.6. The highest BCUT2D eigenvalue weighted by Crippen LogP contribution is 2.27. The van der Waals surface area contributed by atoms with Gasteiger partial charge in [0, 0.05) is 0 Å². The quantitative estimate of drug-likeness (QED) is 0.756. The van der Waals surface area contributed by atoms with E-state index in [0.717, 1.165) is 11.1 Å². The number of hydrogen-bond donors (Lipinski definition) is 2. The van der Waals surface area contributed by atoms with Crippen LogP contribution >= 0.6 is 0 Å². The van der Waals surface area contributed by atoms with Crippen LogP contribution in [0.3, 0.4) is 0 Å². The number of hydrogen-bond acceptors (Lipinski definition) is 2. The van der Waals surface area contributed by atoms with Crippen LogP contribution in [-0.2, 0) is 11.2 Å². The van der Waals surface area contributed by atoms with Gasteiger partial charge in [-0.1, -0.05) is 6.07 Å². The van der Waals surface area contributed by atoms with E-state index in [0.29, 0.717) is 11.1 Å². The van der Waals surface area contributed by atoms with Gasteiger partial charge in [-0.2, -0.15) is 0 Å². The molecule has 76 valence electrons. The summed E-state index contributed by atoms with van der Waals surface area (Å²) >= 11 is 0. The average Bonchev–Trinajstić information content (AvgIpc) is 2.09. The molecule has 1 aromatic rings. The molecule has 0 aliphatic carbocycles. The van der Waals surface area contributed by atoms with Gasteiger partial charge in [0.2, 0.25) is 0 Å². The molecule has 0 radical (unpaired) electrons. The highest BCUT2D eigenvalue weighted by atomic mass is 16.4. The van der Waals surface area contributed by atoms with E-state index < -0.39 is 5.97 Å². The summed E-state index contributed by atoms with van der Waals surface area (Å²) in [6.45, 7) is 5.41. The van der Waals surface area contributed by atoms with Crippen LogP contribution in [0.1, 0.15) is 22.3 Å². The number of aliphatic carboxylic acids is 1. The summed E-state index contributed by atoms with van der Waals surface area (Å²) in [5, 5.41) is 18.3. The molecule has 0 unspecified atom stereocenters. The Morgan fingerprint density at radius 3 is 2.36 bits per heavy atom. The number of carbonyl (C=O) groups is 1. The molecule has 0 fully saturated rings. The van der Waals surface area contributed by atoms with Crippen molar-refractivity contribution in [1.82, 2.24) is 0 Å². The molecule has 14 heavy (non-hydrogen) atoms. The zero-order valence-corrected chi connectivity index (χ0v) is 8.59. The van der Waals surface area contributed by atoms with Crippen LogP contribution in [0.5, 0.6) is 5.75 Å². The Morgan fingerprint density at radius 1 is 1.29 bits per heavy atom. The third-order valence-electron chi connectivity index (χ3n) is 2.42. The zero-order valence-electron chi connectivity index (χ0n) is 8.59. The van der Waals surface area contributed by atoms with Gasteiger partial charge in [-0.25, -0.2) is 0 Å². The Kier molecular flexibility index (Phi) is 2.79. The maximum absolute atomic E-state index is 10.6.